The van der Waals surface area contributed by atoms with Gasteiger partial charge in [0.2, 0.25) is 0 Å². The van der Waals surface area contributed by atoms with E-state index in [-0.39, 0.29) is 24.4 Å². The minimum Gasteiger partial charge on any atom is -0.387 e. The summed E-state index contributed by atoms with van der Waals surface area (Å²) in [6, 6.07) is 11.4. The minimum absolute atomic E-state index is 0.171. The minimum atomic E-state index is -0.831. The number of urea groups is 1. The highest BCUT2D eigenvalue weighted by molar-refractivity contribution is 5.75. The number of halogens is 1. The molecule has 1 atom stereocenters. The van der Waals surface area contributed by atoms with Crippen molar-refractivity contribution < 1.29 is 14.3 Å². The fraction of sp³-hybridized carbons (Fsp3) is 0.368. The summed E-state index contributed by atoms with van der Waals surface area (Å²) < 4.78 is 13.0. The molecule has 3 rings (SSSR count). The molecule has 6 heteroatoms. The summed E-state index contributed by atoms with van der Waals surface area (Å²) in [5.74, 6) is -0.345. The van der Waals surface area contributed by atoms with Gasteiger partial charge in [-0.05, 0) is 42.7 Å². The van der Waals surface area contributed by atoms with E-state index in [9.17, 15) is 14.3 Å². The molecule has 0 bridgehead atoms. The molecule has 25 heavy (non-hydrogen) atoms. The zero-order valence-corrected chi connectivity index (χ0v) is 13.9. The van der Waals surface area contributed by atoms with E-state index in [4.69, 9.17) is 0 Å². The molecule has 1 aliphatic carbocycles. The van der Waals surface area contributed by atoms with E-state index >= 15 is 0 Å². The van der Waals surface area contributed by atoms with Gasteiger partial charge in [-0.15, -0.1) is 0 Å². The molecule has 132 valence electrons. The number of nitrogens with one attached hydrogen (secondary N) is 1. The first-order valence-corrected chi connectivity index (χ1v) is 8.51. The molecule has 5 nitrogen and oxygen atoms in total. The van der Waals surface area contributed by atoms with Crippen LogP contribution >= 0.6 is 0 Å². The number of carbonyl (C=O) groups excluding carboxylic acids is 1. The van der Waals surface area contributed by atoms with E-state index in [1.165, 1.54) is 12.1 Å². The topological polar surface area (TPSA) is 65.5 Å². The van der Waals surface area contributed by atoms with Gasteiger partial charge in [-0.25, -0.2) is 9.18 Å². The zero-order chi connectivity index (χ0) is 17.6. The average Bonchev–Trinajstić information content (AvgIpc) is 3.46. The van der Waals surface area contributed by atoms with Crippen LogP contribution in [0.3, 0.4) is 0 Å². The highest BCUT2D eigenvalue weighted by Crippen LogP contribution is 2.29. The fourth-order valence-corrected chi connectivity index (χ4v) is 2.71. The molecule has 0 saturated heterocycles. The predicted octanol–water partition coefficient (Wildman–Crippen LogP) is 2.67. The van der Waals surface area contributed by atoms with Crippen LogP contribution in [0.2, 0.25) is 0 Å². The van der Waals surface area contributed by atoms with Gasteiger partial charge in [-0.1, -0.05) is 18.2 Å². The second-order valence-electron chi connectivity index (χ2n) is 6.25. The number of pyridine rings is 1. The third kappa shape index (κ3) is 5.00. The Labute approximate surface area is 146 Å². The molecule has 1 aliphatic rings. The number of hydrogen-bond donors (Lipinski definition) is 2. The molecule has 1 saturated carbocycles. The maximum absolute atomic E-state index is 13.0. The van der Waals surface area contributed by atoms with Crippen LogP contribution in [-0.2, 0) is 6.42 Å². The molecule has 1 fully saturated rings. The summed E-state index contributed by atoms with van der Waals surface area (Å²) in [6.07, 6.45) is 3.45. The molecule has 2 aromatic rings. The van der Waals surface area contributed by atoms with E-state index in [2.05, 4.69) is 10.3 Å². The van der Waals surface area contributed by atoms with Gasteiger partial charge in [0, 0.05) is 30.9 Å². The number of benzene rings is 1. The van der Waals surface area contributed by atoms with Gasteiger partial charge < -0.3 is 15.3 Å². The van der Waals surface area contributed by atoms with Gasteiger partial charge in [0.25, 0.3) is 0 Å². The van der Waals surface area contributed by atoms with Crippen molar-refractivity contribution in [1.82, 2.24) is 15.2 Å². The summed E-state index contributed by atoms with van der Waals surface area (Å²) in [5.41, 5.74) is 1.53. The Kier molecular flexibility index (Phi) is 5.60. The summed E-state index contributed by atoms with van der Waals surface area (Å²) in [4.78, 5) is 18.4. The van der Waals surface area contributed by atoms with Gasteiger partial charge in [-0.2, -0.15) is 0 Å². The molecule has 1 aromatic carbocycles. The molecule has 1 aromatic heterocycles. The highest BCUT2D eigenvalue weighted by Gasteiger charge is 2.33. The average molecular weight is 343 g/mol. The van der Waals surface area contributed by atoms with Crippen LogP contribution in [0.15, 0.2) is 48.7 Å². The summed E-state index contributed by atoms with van der Waals surface area (Å²) >= 11 is 0. The molecule has 1 unspecified atom stereocenters. The third-order valence-electron chi connectivity index (χ3n) is 4.26. The van der Waals surface area contributed by atoms with Crippen molar-refractivity contribution in [2.24, 2.45) is 0 Å². The molecule has 2 N–H and O–H groups in total. The zero-order valence-electron chi connectivity index (χ0n) is 13.9. The number of aliphatic hydroxyl groups excluding tert-OH is 1. The number of hydrogen-bond acceptors (Lipinski definition) is 3. The van der Waals surface area contributed by atoms with E-state index in [0.717, 1.165) is 18.5 Å². The normalized spacial score (nSPS) is 14.8. The number of aliphatic hydroxyl groups is 1. The SMILES string of the molecule is O=C(NCCc1ccccn1)N(CC(O)c1ccc(F)cc1)C1CC1. The van der Waals surface area contributed by atoms with E-state index in [1.807, 2.05) is 18.2 Å². The highest BCUT2D eigenvalue weighted by atomic mass is 19.1. The van der Waals surface area contributed by atoms with Gasteiger partial charge in [0.1, 0.15) is 5.82 Å². The Bertz CT molecular complexity index is 690. The third-order valence-corrected chi connectivity index (χ3v) is 4.26. The van der Waals surface area contributed by atoms with Crippen LogP contribution in [0.5, 0.6) is 0 Å². The maximum Gasteiger partial charge on any atom is 0.317 e. The lowest BCUT2D eigenvalue weighted by Gasteiger charge is -2.25. The predicted molar refractivity (Wildman–Crippen MR) is 92.4 cm³/mol. The van der Waals surface area contributed by atoms with Gasteiger partial charge in [0.15, 0.2) is 0 Å². The molecule has 0 spiro atoms. The number of aromatic nitrogens is 1. The molecule has 0 radical (unpaired) electrons. The largest absolute Gasteiger partial charge is 0.387 e. The van der Waals surface area contributed by atoms with Gasteiger partial charge in [0.05, 0.1) is 12.6 Å². The Morgan fingerprint density at radius 2 is 2.04 bits per heavy atom. The Morgan fingerprint density at radius 3 is 2.68 bits per heavy atom. The number of amides is 2. The van der Waals surface area contributed by atoms with Crippen LogP contribution < -0.4 is 5.32 Å². The smallest absolute Gasteiger partial charge is 0.317 e. The van der Waals surface area contributed by atoms with Gasteiger partial charge >= 0.3 is 6.03 Å². The van der Waals surface area contributed by atoms with Crippen LogP contribution in [0, 0.1) is 5.82 Å². The molecule has 1 heterocycles. The van der Waals surface area contributed by atoms with Gasteiger partial charge in [-0.3, -0.25) is 4.98 Å². The monoisotopic (exact) mass is 343 g/mol. The summed E-state index contributed by atoms with van der Waals surface area (Å²) in [7, 11) is 0. The van der Waals surface area contributed by atoms with Crippen LogP contribution in [0.1, 0.15) is 30.2 Å². The first kappa shape index (κ1) is 17.4. The molecular formula is C19H22FN3O2. The number of nitrogens with zero attached hydrogens (tertiary/aromatic N) is 2. The Hall–Kier alpha value is -2.47. The first-order chi connectivity index (χ1) is 12.1. The summed E-state index contributed by atoms with van der Waals surface area (Å²) in [6.45, 7) is 0.692. The van der Waals surface area contributed by atoms with Crippen LogP contribution in [0.25, 0.3) is 0 Å². The standard InChI is InChI=1S/C19H22FN3O2/c20-15-6-4-14(5-7-15)18(24)13-23(17-8-9-17)19(25)22-12-10-16-3-1-2-11-21-16/h1-7,11,17-18,24H,8-10,12-13H2,(H,22,25). The van der Waals surface area contributed by atoms with Crippen LogP contribution in [-0.4, -0.2) is 40.2 Å². The van der Waals surface area contributed by atoms with Crippen molar-refractivity contribution in [3.8, 4) is 0 Å². The summed E-state index contributed by atoms with van der Waals surface area (Å²) in [5, 5.41) is 13.3. The molecular weight excluding hydrogens is 321 g/mol. The number of rotatable bonds is 7. The van der Waals surface area contributed by atoms with Crippen molar-refractivity contribution in [2.45, 2.75) is 31.4 Å². The van der Waals surface area contributed by atoms with E-state index < -0.39 is 6.10 Å². The quantitative estimate of drug-likeness (QED) is 0.812. The lowest BCUT2D eigenvalue weighted by Crippen LogP contribution is -2.44. The Morgan fingerprint density at radius 1 is 1.28 bits per heavy atom. The fourth-order valence-electron chi connectivity index (χ4n) is 2.71. The van der Waals surface area contributed by atoms with Crippen molar-refractivity contribution >= 4 is 6.03 Å². The number of carbonyl (C=O) groups is 1. The van der Waals surface area contributed by atoms with E-state index in [0.29, 0.717) is 18.5 Å². The van der Waals surface area contributed by atoms with Crippen molar-refractivity contribution in [1.29, 1.82) is 0 Å². The second-order valence-corrected chi connectivity index (χ2v) is 6.25. The Balaban J connectivity index is 1.53. The van der Waals surface area contributed by atoms with E-state index in [1.54, 1.807) is 23.2 Å². The van der Waals surface area contributed by atoms with Crippen LogP contribution in [0.4, 0.5) is 9.18 Å². The second kappa shape index (κ2) is 8.07. The lowest BCUT2D eigenvalue weighted by atomic mass is 10.1. The first-order valence-electron chi connectivity index (χ1n) is 8.51. The van der Waals surface area contributed by atoms with Crippen molar-refractivity contribution in [3.63, 3.8) is 0 Å². The molecule has 2 amide bonds. The van der Waals surface area contributed by atoms with Crippen molar-refractivity contribution in [2.75, 3.05) is 13.1 Å². The van der Waals surface area contributed by atoms with Crippen molar-refractivity contribution in [3.05, 3.63) is 65.7 Å². The lowest BCUT2D eigenvalue weighted by molar-refractivity contribution is 0.118. The molecule has 0 aliphatic heterocycles. The maximum atomic E-state index is 13.0.